The van der Waals surface area contributed by atoms with Crippen LogP contribution in [0, 0.1) is 0 Å². The largest absolute Gasteiger partial charge is 0.357 e. The van der Waals surface area contributed by atoms with Crippen molar-refractivity contribution in [2.45, 2.75) is 0 Å². The summed E-state index contributed by atoms with van der Waals surface area (Å²) in [6.07, 6.45) is 0. The van der Waals surface area contributed by atoms with Crippen LogP contribution in [0.3, 0.4) is 0 Å². The summed E-state index contributed by atoms with van der Waals surface area (Å²) < 4.78 is 5.62. The van der Waals surface area contributed by atoms with Gasteiger partial charge in [0.1, 0.15) is 13.5 Å². The number of nitrogens with one attached hydrogen (secondary N) is 4. The van der Waals surface area contributed by atoms with E-state index in [4.69, 9.17) is 4.74 Å². The lowest BCUT2D eigenvalue weighted by Crippen LogP contribution is -2.16. The highest BCUT2D eigenvalue weighted by Gasteiger charge is 2.09. The van der Waals surface area contributed by atoms with Gasteiger partial charge in [0.15, 0.2) is 11.6 Å². The minimum atomic E-state index is 0.171. The molecule has 0 aliphatic carbocycles. The molecule has 11 nitrogen and oxygen atoms in total. The van der Waals surface area contributed by atoms with E-state index >= 15 is 0 Å². The van der Waals surface area contributed by atoms with Crippen LogP contribution in [-0.4, -0.2) is 57.5 Å². The van der Waals surface area contributed by atoms with E-state index in [1.165, 1.54) is 0 Å². The first-order valence-electron chi connectivity index (χ1n) is 10.3. The highest BCUT2D eigenvalue weighted by atomic mass is 16.5. The maximum Gasteiger partial charge on any atom is 0.229 e. The number of hydrogen-bond acceptors (Lipinski definition) is 11. The van der Waals surface area contributed by atoms with Crippen molar-refractivity contribution in [2.24, 2.45) is 0 Å². The molecule has 0 atom stereocenters. The van der Waals surface area contributed by atoms with Crippen LogP contribution in [0.2, 0.25) is 0 Å². The highest BCUT2D eigenvalue weighted by Crippen LogP contribution is 2.18. The summed E-state index contributed by atoms with van der Waals surface area (Å²) in [6.45, 7) is 0.341. The minimum absolute atomic E-state index is 0.171. The summed E-state index contributed by atoms with van der Waals surface area (Å²) in [5, 5.41) is 12.0. The number of benzene rings is 2. The fraction of sp³-hybridized carbons (Fsp3) is 0.182. The zero-order chi connectivity index (χ0) is 22.9. The molecular formula is C22H24N10O. The molecule has 0 radical (unpaired) electrons. The van der Waals surface area contributed by atoms with Crippen LogP contribution in [0.4, 0.5) is 23.8 Å². The first kappa shape index (κ1) is 21.8. The lowest BCUT2D eigenvalue weighted by molar-refractivity contribution is 0.170. The number of anilines is 4. The zero-order valence-corrected chi connectivity index (χ0v) is 18.3. The summed E-state index contributed by atoms with van der Waals surface area (Å²) in [5.74, 6) is 2.85. The Morgan fingerprint density at radius 3 is 1.33 bits per heavy atom. The summed E-state index contributed by atoms with van der Waals surface area (Å²) in [4.78, 5) is 26.4. The van der Waals surface area contributed by atoms with Gasteiger partial charge in [-0.3, -0.25) is 0 Å². The second kappa shape index (κ2) is 10.8. The molecule has 11 heteroatoms. The second-order valence-electron chi connectivity index (χ2n) is 6.69. The van der Waals surface area contributed by atoms with Crippen molar-refractivity contribution in [1.82, 2.24) is 29.9 Å². The number of aromatic nitrogens is 6. The van der Waals surface area contributed by atoms with Crippen LogP contribution in [0.15, 0.2) is 60.7 Å². The molecule has 4 aromatic rings. The topological polar surface area (TPSA) is 135 Å². The summed E-state index contributed by atoms with van der Waals surface area (Å²) in [5.41, 5.74) is 1.79. The Hall–Kier alpha value is -4.38. The maximum absolute atomic E-state index is 5.62. The minimum Gasteiger partial charge on any atom is -0.357 e. The lowest BCUT2D eigenvalue weighted by atomic mass is 10.2. The van der Waals surface area contributed by atoms with Crippen molar-refractivity contribution < 1.29 is 4.74 Å². The number of rotatable bonds is 10. The molecule has 0 bridgehead atoms. The van der Waals surface area contributed by atoms with Gasteiger partial charge in [-0.05, 0) is 0 Å². The molecule has 4 rings (SSSR count). The molecule has 0 unspecified atom stereocenters. The van der Waals surface area contributed by atoms with Crippen LogP contribution in [0.5, 0.6) is 0 Å². The third-order valence-corrected chi connectivity index (χ3v) is 4.45. The van der Waals surface area contributed by atoms with Gasteiger partial charge in [-0.2, -0.15) is 29.9 Å². The van der Waals surface area contributed by atoms with E-state index < -0.39 is 0 Å². The average Bonchev–Trinajstić information content (AvgIpc) is 2.89. The molecule has 0 amide bonds. The van der Waals surface area contributed by atoms with Crippen LogP contribution in [0.1, 0.15) is 0 Å². The van der Waals surface area contributed by atoms with E-state index in [9.17, 15) is 0 Å². The normalized spacial score (nSPS) is 10.5. The predicted octanol–water partition coefficient (Wildman–Crippen LogP) is 2.93. The number of hydrogen-bond donors (Lipinski definition) is 4. The van der Waals surface area contributed by atoms with Gasteiger partial charge in [0.2, 0.25) is 23.8 Å². The smallest absolute Gasteiger partial charge is 0.229 e. The third-order valence-electron chi connectivity index (χ3n) is 4.45. The lowest BCUT2D eigenvalue weighted by Gasteiger charge is -2.11. The van der Waals surface area contributed by atoms with Crippen molar-refractivity contribution in [3.63, 3.8) is 0 Å². The van der Waals surface area contributed by atoms with Gasteiger partial charge in [-0.15, -0.1) is 0 Å². The van der Waals surface area contributed by atoms with E-state index in [-0.39, 0.29) is 13.5 Å². The quantitative estimate of drug-likeness (QED) is 0.212. The molecule has 0 spiro atoms. The molecule has 0 saturated carbocycles. The van der Waals surface area contributed by atoms with Gasteiger partial charge in [0.25, 0.3) is 0 Å². The molecule has 0 fully saturated rings. The molecule has 4 N–H and O–H groups in total. The number of nitrogens with zero attached hydrogens (tertiary/aromatic N) is 6. The second-order valence-corrected chi connectivity index (χ2v) is 6.69. The average molecular weight is 445 g/mol. The molecule has 2 heterocycles. The van der Waals surface area contributed by atoms with Crippen LogP contribution < -0.4 is 21.3 Å². The van der Waals surface area contributed by atoms with Crippen molar-refractivity contribution in [3.8, 4) is 22.8 Å². The van der Waals surface area contributed by atoms with E-state index in [1.807, 2.05) is 60.7 Å². The Kier molecular flexibility index (Phi) is 7.13. The van der Waals surface area contributed by atoms with Crippen molar-refractivity contribution in [3.05, 3.63) is 60.7 Å². The maximum atomic E-state index is 5.62. The Morgan fingerprint density at radius 2 is 0.939 bits per heavy atom. The van der Waals surface area contributed by atoms with Gasteiger partial charge in [0.05, 0.1) is 0 Å². The summed E-state index contributed by atoms with van der Waals surface area (Å²) in [7, 11) is 3.51. The van der Waals surface area contributed by atoms with Crippen LogP contribution >= 0.6 is 0 Å². The molecule has 0 aliphatic rings. The van der Waals surface area contributed by atoms with Gasteiger partial charge in [-0.25, -0.2) is 0 Å². The Labute approximate surface area is 191 Å². The Morgan fingerprint density at radius 1 is 0.545 bits per heavy atom. The Balaban J connectivity index is 1.35. The van der Waals surface area contributed by atoms with Crippen molar-refractivity contribution in [2.75, 3.05) is 48.8 Å². The van der Waals surface area contributed by atoms with Crippen molar-refractivity contribution >= 4 is 23.8 Å². The molecule has 2 aromatic carbocycles. The van der Waals surface area contributed by atoms with Gasteiger partial charge >= 0.3 is 0 Å². The molecular weight excluding hydrogens is 420 g/mol. The molecule has 0 saturated heterocycles. The van der Waals surface area contributed by atoms with E-state index in [0.717, 1.165) is 11.1 Å². The summed E-state index contributed by atoms with van der Waals surface area (Å²) in [6, 6.07) is 19.4. The fourth-order valence-electron chi connectivity index (χ4n) is 2.85. The molecule has 2 aromatic heterocycles. The van der Waals surface area contributed by atoms with Crippen LogP contribution in [-0.2, 0) is 4.74 Å². The first-order chi connectivity index (χ1) is 16.2. The Bertz CT molecular complexity index is 1080. The predicted molar refractivity (Wildman–Crippen MR) is 128 cm³/mol. The highest BCUT2D eigenvalue weighted by molar-refractivity contribution is 5.58. The third kappa shape index (κ3) is 5.86. The zero-order valence-electron chi connectivity index (χ0n) is 18.3. The van der Waals surface area contributed by atoms with E-state index in [2.05, 4.69) is 51.2 Å². The van der Waals surface area contributed by atoms with E-state index in [1.54, 1.807) is 14.1 Å². The molecule has 168 valence electrons. The van der Waals surface area contributed by atoms with Gasteiger partial charge in [-0.1, -0.05) is 60.7 Å². The van der Waals surface area contributed by atoms with Gasteiger partial charge < -0.3 is 26.0 Å². The summed E-state index contributed by atoms with van der Waals surface area (Å²) >= 11 is 0. The molecule has 33 heavy (non-hydrogen) atoms. The van der Waals surface area contributed by atoms with Gasteiger partial charge in [0, 0.05) is 25.2 Å². The first-order valence-corrected chi connectivity index (χ1v) is 10.3. The van der Waals surface area contributed by atoms with E-state index in [0.29, 0.717) is 35.4 Å². The van der Waals surface area contributed by atoms with Crippen LogP contribution in [0.25, 0.3) is 22.8 Å². The standard InChI is InChI=1S/C22H24N10O/c1-23-19-27-17(15-9-5-3-6-10-15)29-21(31-19)25-13-33-14-26-22-30-18(28-20(24-2)32-22)16-11-7-4-8-12-16/h3-12H,13-14H2,1-2H3,(H2,23,25,27,29,31)(H2,24,26,28,30,32). The molecule has 0 aliphatic heterocycles. The number of ether oxygens (including phenoxy) is 1. The monoisotopic (exact) mass is 444 g/mol. The fourth-order valence-corrected chi connectivity index (χ4v) is 2.85. The van der Waals surface area contributed by atoms with Crippen molar-refractivity contribution in [1.29, 1.82) is 0 Å². The SMILES string of the molecule is CNc1nc(NCOCNc2nc(NC)nc(-c3ccccc3)n2)nc(-c2ccccc2)n1.